The second-order valence-corrected chi connectivity index (χ2v) is 13.4. The third-order valence-corrected chi connectivity index (χ3v) is 10.1. The summed E-state index contributed by atoms with van der Waals surface area (Å²) in [5.41, 5.74) is 2.64. The lowest BCUT2D eigenvalue weighted by molar-refractivity contribution is -0.134. The van der Waals surface area contributed by atoms with E-state index in [1.165, 1.54) is 32.4 Å². The zero-order valence-electron chi connectivity index (χ0n) is 25.3. The molecular weight excluding hydrogens is 620 g/mol. The summed E-state index contributed by atoms with van der Waals surface area (Å²) in [5, 5.41) is 3.11. The van der Waals surface area contributed by atoms with Crippen LogP contribution in [0, 0.1) is 0 Å². The van der Waals surface area contributed by atoms with E-state index in [2.05, 4.69) is 31.1 Å². The van der Waals surface area contributed by atoms with Gasteiger partial charge in [0.2, 0.25) is 5.91 Å². The first kappa shape index (κ1) is 30.6. The Morgan fingerprint density at radius 2 is 1.52 bits per heavy atom. The van der Waals surface area contributed by atoms with E-state index in [-0.39, 0.29) is 23.7 Å². The number of carbonyl (C=O) groups is 2. The lowest BCUT2D eigenvalue weighted by Gasteiger charge is -2.41. The summed E-state index contributed by atoms with van der Waals surface area (Å²) in [6.07, 6.45) is 9.51. The third-order valence-electron chi connectivity index (χ3n) is 9.58. The van der Waals surface area contributed by atoms with E-state index in [4.69, 9.17) is 0 Å². The average Bonchev–Trinajstić information content (AvgIpc) is 3.46. The first-order valence-corrected chi connectivity index (χ1v) is 16.9. The fourth-order valence-electron chi connectivity index (χ4n) is 7.09. The highest BCUT2D eigenvalue weighted by atomic mass is 79.9. The van der Waals surface area contributed by atoms with Crippen molar-refractivity contribution in [2.75, 3.05) is 39.3 Å². The summed E-state index contributed by atoms with van der Waals surface area (Å²) in [7, 11) is 0. The maximum absolute atomic E-state index is 13.9. The molecule has 10 heteroatoms. The number of benzene rings is 2. The number of imidazole rings is 1. The Labute approximate surface area is 267 Å². The molecule has 3 aliphatic heterocycles. The number of aromatic nitrogens is 2. The highest BCUT2D eigenvalue weighted by Crippen LogP contribution is 2.25. The number of nitrogens with one attached hydrogen (secondary N) is 2. The summed E-state index contributed by atoms with van der Waals surface area (Å²) in [6, 6.07) is 17.5. The van der Waals surface area contributed by atoms with Gasteiger partial charge in [-0.15, -0.1) is 0 Å². The molecule has 1 atom stereocenters. The fourth-order valence-corrected chi connectivity index (χ4v) is 7.53. The van der Waals surface area contributed by atoms with Gasteiger partial charge in [-0.2, -0.15) is 0 Å². The van der Waals surface area contributed by atoms with Crippen molar-refractivity contribution in [1.82, 2.24) is 29.6 Å². The van der Waals surface area contributed by atoms with Gasteiger partial charge in [0.25, 0.3) is 0 Å². The molecule has 2 N–H and O–H groups in total. The summed E-state index contributed by atoms with van der Waals surface area (Å²) in [4.78, 5) is 49.6. The van der Waals surface area contributed by atoms with Crippen LogP contribution in [0.3, 0.4) is 0 Å². The normalized spacial score (nSPS) is 19.6. The van der Waals surface area contributed by atoms with E-state index < -0.39 is 6.04 Å². The molecule has 9 nitrogen and oxygen atoms in total. The number of rotatable bonds is 7. The monoisotopic (exact) mass is 662 g/mol. The number of halogens is 1. The van der Waals surface area contributed by atoms with Gasteiger partial charge in [0.1, 0.15) is 6.04 Å². The van der Waals surface area contributed by atoms with Gasteiger partial charge in [-0.1, -0.05) is 64.8 Å². The van der Waals surface area contributed by atoms with Gasteiger partial charge in [0, 0.05) is 55.4 Å². The Balaban J connectivity index is 1.08. The van der Waals surface area contributed by atoms with E-state index >= 15 is 0 Å². The second-order valence-electron chi connectivity index (χ2n) is 12.5. The molecule has 0 spiro atoms. The first-order valence-electron chi connectivity index (χ1n) is 16.1. The lowest BCUT2D eigenvalue weighted by Crippen LogP contribution is -2.56. The van der Waals surface area contributed by atoms with Crippen molar-refractivity contribution < 1.29 is 9.59 Å². The number of urea groups is 1. The molecule has 3 fully saturated rings. The quantitative estimate of drug-likeness (QED) is 0.371. The molecule has 0 radical (unpaired) electrons. The van der Waals surface area contributed by atoms with Gasteiger partial charge in [0.15, 0.2) is 0 Å². The number of H-pyrrole nitrogens is 1. The molecule has 2 aromatic carbocycles. The molecular formula is C34H43BrN6O3. The van der Waals surface area contributed by atoms with Gasteiger partial charge in [-0.05, 0) is 74.9 Å². The predicted molar refractivity (Wildman–Crippen MR) is 176 cm³/mol. The molecule has 1 aromatic heterocycles. The van der Waals surface area contributed by atoms with Crippen LogP contribution in [-0.4, -0.2) is 87.5 Å². The molecule has 4 heterocycles. The van der Waals surface area contributed by atoms with Crippen LogP contribution in [-0.2, 0) is 11.2 Å². The Morgan fingerprint density at radius 1 is 0.841 bits per heavy atom. The summed E-state index contributed by atoms with van der Waals surface area (Å²) in [5.74, 6) is -0.00220. The maximum atomic E-state index is 13.9. The molecule has 1 unspecified atom stereocenters. The van der Waals surface area contributed by atoms with Crippen LogP contribution in [0.1, 0.15) is 56.6 Å². The van der Waals surface area contributed by atoms with Gasteiger partial charge in [-0.3, -0.25) is 9.36 Å². The minimum absolute atomic E-state index is 0.00220. The van der Waals surface area contributed by atoms with E-state index in [1.807, 2.05) is 65.7 Å². The standard InChI is InChI=1S/C34H43BrN6O3/c35-27-11-7-8-25(22-27)23-30(32(42)39-18-12-28(13-19-39)38-16-5-2-6-17-38)36-33(43)40-20-14-29(15-21-40)41-24-31(37-34(41)44)26-9-3-1-4-10-26/h1,3-4,7-11,22,24,28-30H,2,5-6,12-21,23H2,(H,36,43)(H,37,44). The summed E-state index contributed by atoms with van der Waals surface area (Å²) >= 11 is 3.55. The molecule has 3 amide bonds. The zero-order chi connectivity index (χ0) is 30.5. The van der Waals surface area contributed by atoms with E-state index in [9.17, 15) is 14.4 Å². The molecule has 6 rings (SSSR count). The van der Waals surface area contributed by atoms with Crippen LogP contribution in [0.2, 0.25) is 0 Å². The Hall–Kier alpha value is -3.37. The number of hydrogen-bond acceptors (Lipinski definition) is 4. The van der Waals surface area contributed by atoms with Crippen molar-refractivity contribution >= 4 is 27.9 Å². The number of aromatic amines is 1. The molecule has 3 aliphatic rings. The number of piperidine rings is 3. The van der Waals surface area contributed by atoms with Gasteiger partial charge in [-0.25, -0.2) is 9.59 Å². The van der Waals surface area contributed by atoms with Crippen LogP contribution in [0.25, 0.3) is 11.3 Å². The number of amides is 3. The number of carbonyl (C=O) groups excluding carboxylic acids is 2. The zero-order valence-corrected chi connectivity index (χ0v) is 26.9. The molecule has 234 valence electrons. The Bertz CT molecular complexity index is 1470. The highest BCUT2D eigenvalue weighted by molar-refractivity contribution is 9.10. The first-order chi connectivity index (χ1) is 21.4. The number of hydrogen-bond donors (Lipinski definition) is 2. The minimum atomic E-state index is -0.637. The van der Waals surface area contributed by atoms with Crippen molar-refractivity contribution in [2.45, 2.75) is 69.5 Å². The van der Waals surface area contributed by atoms with Crippen molar-refractivity contribution in [3.63, 3.8) is 0 Å². The number of nitrogens with zero attached hydrogens (tertiary/aromatic N) is 4. The largest absolute Gasteiger partial charge is 0.341 e. The molecule has 3 aromatic rings. The Kier molecular flexibility index (Phi) is 9.86. The minimum Gasteiger partial charge on any atom is -0.341 e. The van der Waals surface area contributed by atoms with Crippen LogP contribution >= 0.6 is 15.9 Å². The van der Waals surface area contributed by atoms with E-state index in [0.29, 0.717) is 38.4 Å². The van der Waals surface area contributed by atoms with E-state index in [0.717, 1.165) is 47.2 Å². The number of likely N-dealkylation sites (tertiary alicyclic amines) is 3. The van der Waals surface area contributed by atoms with Gasteiger partial charge < -0.3 is 25.0 Å². The van der Waals surface area contributed by atoms with Crippen molar-refractivity contribution in [3.05, 3.63) is 81.3 Å². The third kappa shape index (κ3) is 7.29. The van der Waals surface area contributed by atoms with Crippen molar-refractivity contribution in [2.24, 2.45) is 0 Å². The van der Waals surface area contributed by atoms with Gasteiger partial charge in [0.05, 0.1) is 5.69 Å². The van der Waals surface area contributed by atoms with Crippen LogP contribution in [0.4, 0.5) is 4.79 Å². The molecule has 0 bridgehead atoms. The predicted octanol–water partition coefficient (Wildman–Crippen LogP) is 5.04. The highest BCUT2D eigenvalue weighted by Gasteiger charge is 2.33. The molecule has 0 aliphatic carbocycles. The fraction of sp³-hybridized carbons (Fsp3) is 0.500. The average molecular weight is 664 g/mol. The molecule has 44 heavy (non-hydrogen) atoms. The SMILES string of the molecule is O=C(NC(Cc1cccc(Br)c1)C(=O)N1CCC(N2CCCCC2)CC1)N1CCC(n2cc(-c3ccccc3)[nH]c2=O)CC1. The second kappa shape index (κ2) is 14.2. The van der Waals surface area contributed by atoms with Crippen LogP contribution in [0.15, 0.2) is 70.1 Å². The Morgan fingerprint density at radius 3 is 2.23 bits per heavy atom. The molecule has 3 saturated heterocycles. The van der Waals surface area contributed by atoms with E-state index in [1.54, 1.807) is 9.47 Å². The summed E-state index contributed by atoms with van der Waals surface area (Å²) < 4.78 is 2.72. The summed E-state index contributed by atoms with van der Waals surface area (Å²) in [6.45, 7) is 4.84. The van der Waals surface area contributed by atoms with Crippen molar-refractivity contribution in [1.29, 1.82) is 0 Å². The molecule has 0 saturated carbocycles. The maximum Gasteiger partial charge on any atom is 0.326 e. The van der Waals surface area contributed by atoms with Crippen LogP contribution in [0.5, 0.6) is 0 Å². The smallest absolute Gasteiger partial charge is 0.326 e. The lowest BCUT2D eigenvalue weighted by atomic mass is 9.98. The van der Waals surface area contributed by atoms with Crippen LogP contribution < -0.4 is 11.0 Å². The topological polar surface area (TPSA) is 93.7 Å². The van der Waals surface area contributed by atoms with Gasteiger partial charge >= 0.3 is 11.7 Å². The van der Waals surface area contributed by atoms with Crippen molar-refractivity contribution in [3.8, 4) is 11.3 Å².